The Morgan fingerprint density at radius 1 is 1.21 bits per heavy atom. The van der Waals surface area contributed by atoms with Crippen LogP contribution in [-0.4, -0.2) is 48.3 Å². The van der Waals surface area contributed by atoms with Gasteiger partial charge in [-0.25, -0.2) is 4.98 Å². The molecule has 1 amide bonds. The maximum atomic E-state index is 13.1. The molecule has 3 aliphatic rings. The molecule has 7 nitrogen and oxygen atoms in total. The summed E-state index contributed by atoms with van der Waals surface area (Å²) in [7, 11) is 0. The number of nitrogens with zero attached hydrogens (tertiary/aromatic N) is 2. The van der Waals surface area contributed by atoms with Gasteiger partial charge in [0.05, 0.1) is 24.3 Å². The van der Waals surface area contributed by atoms with E-state index in [1.54, 1.807) is 0 Å². The molecule has 1 aromatic heterocycles. The van der Waals surface area contributed by atoms with Gasteiger partial charge < -0.3 is 20.3 Å². The Hall–Kier alpha value is -3.16. The molecule has 7 heteroatoms. The van der Waals surface area contributed by atoms with Gasteiger partial charge in [0.2, 0.25) is 5.52 Å². The van der Waals surface area contributed by atoms with Gasteiger partial charge in [0.25, 0.3) is 5.91 Å². The van der Waals surface area contributed by atoms with Crippen LogP contribution in [-0.2, 0) is 16.1 Å². The number of nitrogens with one attached hydrogen (secondary N) is 3. The molecule has 5 rings (SSSR count). The number of aromatic nitrogens is 1. The van der Waals surface area contributed by atoms with E-state index in [0.29, 0.717) is 25.5 Å². The van der Waals surface area contributed by atoms with Crippen molar-refractivity contribution in [1.82, 2.24) is 20.4 Å². The second kappa shape index (κ2) is 7.69. The second-order valence-corrected chi connectivity index (χ2v) is 7.27. The fraction of sp³-hybridized carbons (Fsp3) is 0.273. The van der Waals surface area contributed by atoms with Gasteiger partial charge in [0.1, 0.15) is 5.70 Å². The van der Waals surface area contributed by atoms with Gasteiger partial charge in [-0.15, -0.1) is 0 Å². The topological polar surface area (TPSA) is 71.0 Å². The van der Waals surface area contributed by atoms with Gasteiger partial charge in [-0.3, -0.25) is 9.69 Å². The van der Waals surface area contributed by atoms with Gasteiger partial charge in [0.15, 0.2) is 12.5 Å². The summed E-state index contributed by atoms with van der Waals surface area (Å²) in [6, 6.07) is 10.1. The molecule has 0 aliphatic carbocycles. The number of morpholine rings is 1. The summed E-state index contributed by atoms with van der Waals surface area (Å²) >= 11 is 0. The minimum Gasteiger partial charge on any atom is -0.379 e. The molecule has 0 spiro atoms. The number of benzene rings is 1. The van der Waals surface area contributed by atoms with Gasteiger partial charge >= 0.3 is 0 Å². The smallest absolute Gasteiger partial charge is 0.269 e. The molecule has 2 aromatic rings. The lowest BCUT2D eigenvalue weighted by molar-refractivity contribution is -0.344. The lowest BCUT2D eigenvalue weighted by Crippen LogP contribution is -2.54. The Kier molecular flexibility index (Phi) is 4.75. The van der Waals surface area contributed by atoms with Crippen molar-refractivity contribution >= 4 is 16.8 Å². The van der Waals surface area contributed by atoms with Crippen LogP contribution in [0, 0.1) is 0 Å². The Morgan fingerprint density at radius 2 is 2.07 bits per heavy atom. The molecular weight excluding hydrogens is 366 g/mol. The largest absolute Gasteiger partial charge is 0.379 e. The number of carbonyl (C=O) groups is 1. The van der Waals surface area contributed by atoms with E-state index in [-0.39, 0.29) is 12.2 Å². The van der Waals surface area contributed by atoms with Crippen molar-refractivity contribution in [2.75, 3.05) is 26.3 Å². The summed E-state index contributed by atoms with van der Waals surface area (Å²) in [4.78, 5) is 20.7. The number of H-pyrrole nitrogens is 1. The van der Waals surface area contributed by atoms with Crippen molar-refractivity contribution in [2.45, 2.75) is 12.8 Å². The van der Waals surface area contributed by atoms with Gasteiger partial charge in [-0.05, 0) is 23.8 Å². The first-order chi connectivity index (χ1) is 14.3. The number of carbonyl (C=O) groups excluding carboxylic acids is 1. The highest BCUT2D eigenvalue weighted by Gasteiger charge is 2.36. The molecule has 29 heavy (non-hydrogen) atoms. The van der Waals surface area contributed by atoms with Gasteiger partial charge in [-0.2, -0.15) is 0 Å². The highest BCUT2D eigenvalue weighted by Crippen LogP contribution is 2.27. The molecule has 3 aliphatic heterocycles. The monoisotopic (exact) mass is 390 g/mol. The zero-order chi connectivity index (χ0) is 19.6. The highest BCUT2D eigenvalue weighted by molar-refractivity contribution is 5.95. The first kappa shape index (κ1) is 17.9. The van der Waals surface area contributed by atoms with E-state index in [9.17, 15) is 4.79 Å². The highest BCUT2D eigenvalue weighted by atomic mass is 16.5. The number of amides is 1. The third kappa shape index (κ3) is 3.39. The van der Waals surface area contributed by atoms with E-state index in [4.69, 9.17) is 4.74 Å². The van der Waals surface area contributed by atoms with Crippen LogP contribution in [0.4, 0.5) is 0 Å². The summed E-state index contributed by atoms with van der Waals surface area (Å²) < 4.78 is 5.48. The number of pyridine rings is 1. The number of hydrogen-bond donors (Lipinski definition) is 2. The minimum absolute atomic E-state index is 0.0667. The van der Waals surface area contributed by atoms with E-state index in [1.807, 2.05) is 54.9 Å². The number of ether oxygens (including phenoxy) is 1. The number of allylic oxidation sites excluding steroid dienone is 3. The van der Waals surface area contributed by atoms with E-state index in [2.05, 4.69) is 31.5 Å². The van der Waals surface area contributed by atoms with Crippen LogP contribution >= 0.6 is 0 Å². The minimum atomic E-state index is -0.0994. The molecule has 3 N–H and O–H groups in total. The normalized spacial score (nSPS) is 21.4. The number of rotatable bonds is 4. The van der Waals surface area contributed by atoms with Crippen molar-refractivity contribution in [3.63, 3.8) is 0 Å². The Labute approximate surface area is 169 Å². The molecule has 1 saturated heterocycles. The predicted molar refractivity (Wildman–Crippen MR) is 109 cm³/mol. The van der Waals surface area contributed by atoms with Gasteiger partial charge in [0, 0.05) is 38.0 Å². The molecule has 1 fully saturated rings. The third-order valence-corrected chi connectivity index (χ3v) is 5.54. The van der Waals surface area contributed by atoms with E-state index >= 15 is 0 Å². The molecule has 1 atom stereocenters. The second-order valence-electron chi connectivity index (χ2n) is 7.27. The van der Waals surface area contributed by atoms with E-state index in [0.717, 1.165) is 35.3 Å². The number of fused-ring (bicyclic) bond motifs is 2. The molecule has 0 saturated carbocycles. The Morgan fingerprint density at radius 3 is 2.97 bits per heavy atom. The van der Waals surface area contributed by atoms with Crippen molar-refractivity contribution in [3.8, 4) is 0 Å². The maximum Gasteiger partial charge on any atom is 0.269 e. The van der Waals surface area contributed by atoms with Crippen LogP contribution in [0.2, 0.25) is 0 Å². The van der Waals surface area contributed by atoms with Crippen LogP contribution in [0.1, 0.15) is 5.56 Å². The first-order valence-electron chi connectivity index (χ1n) is 9.93. The van der Waals surface area contributed by atoms with Crippen molar-refractivity contribution in [1.29, 1.82) is 0 Å². The van der Waals surface area contributed by atoms with Crippen LogP contribution in [0.3, 0.4) is 0 Å². The number of hydrogen-bond acceptors (Lipinski definition) is 5. The quantitative estimate of drug-likeness (QED) is 0.818. The summed E-state index contributed by atoms with van der Waals surface area (Å²) in [5, 5.41) is 7.63. The van der Waals surface area contributed by atoms with Crippen LogP contribution in [0.5, 0.6) is 0 Å². The molecule has 1 unspecified atom stereocenters. The molecule has 148 valence electrons. The standard InChI is InChI=1S/C22H23N5O2/c28-21(24-15-16-8-9-23-18-6-2-1-5-17(16)18)20-19-7-3-4-10-27(19)22(25-20)26-11-13-29-14-12-26/h1-10,22,25H,11-15H2,(H,24,28)/p+1. The fourth-order valence-corrected chi connectivity index (χ4v) is 4.05. The van der Waals surface area contributed by atoms with Crippen molar-refractivity contribution < 1.29 is 14.5 Å². The lowest BCUT2D eigenvalue weighted by Gasteiger charge is -2.37. The molecule has 0 radical (unpaired) electrons. The van der Waals surface area contributed by atoms with E-state index < -0.39 is 0 Å². The van der Waals surface area contributed by atoms with Crippen LogP contribution in [0.15, 0.2) is 72.4 Å². The zero-order valence-electron chi connectivity index (χ0n) is 16.1. The Bertz CT molecular complexity index is 1020. The van der Waals surface area contributed by atoms with E-state index in [1.165, 1.54) is 0 Å². The molecule has 4 heterocycles. The van der Waals surface area contributed by atoms with Crippen LogP contribution < -0.4 is 15.6 Å². The number of aromatic amines is 1. The fourth-order valence-electron chi connectivity index (χ4n) is 4.05. The Balaban J connectivity index is 1.34. The van der Waals surface area contributed by atoms with Gasteiger partial charge in [-0.1, -0.05) is 18.2 Å². The molecular formula is C22H24N5O2+. The summed E-state index contributed by atoms with van der Waals surface area (Å²) in [6.07, 6.45) is 9.79. The van der Waals surface area contributed by atoms with Crippen LogP contribution in [0.25, 0.3) is 10.9 Å². The SMILES string of the molecule is O=C(NCc1cc[nH+]c2ccccc12)C1=C2C=CC=CN2C(N2CCOCC2)N1. The zero-order valence-corrected chi connectivity index (χ0v) is 16.1. The summed E-state index contributed by atoms with van der Waals surface area (Å²) in [5.41, 5.74) is 3.64. The molecule has 0 bridgehead atoms. The number of para-hydroxylation sites is 1. The van der Waals surface area contributed by atoms with Crippen molar-refractivity contribution in [2.24, 2.45) is 0 Å². The summed E-state index contributed by atoms with van der Waals surface area (Å²) in [5.74, 6) is -0.0994. The van der Waals surface area contributed by atoms with Crippen molar-refractivity contribution in [3.05, 3.63) is 77.9 Å². The average Bonchev–Trinajstić information content (AvgIpc) is 3.18. The third-order valence-electron chi connectivity index (χ3n) is 5.54. The molecule has 1 aromatic carbocycles. The predicted octanol–water partition coefficient (Wildman–Crippen LogP) is 1.09. The maximum absolute atomic E-state index is 13.1. The lowest BCUT2D eigenvalue weighted by atomic mass is 10.1. The first-order valence-corrected chi connectivity index (χ1v) is 9.93. The summed E-state index contributed by atoms with van der Waals surface area (Å²) in [6.45, 7) is 3.55. The average molecular weight is 390 g/mol.